The SMILES string of the molecule is C[C@@H]1CS(=O)(=O)N(c2ccc(C(=O)Nc3ccc(C(F)(F)F)cc3)c(Cl)c2)C1=O. The van der Waals surface area contributed by atoms with Gasteiger partial charge < -0.3 is 5.32 Å². The summed E-state index contributed by atoms with van der Waals surface area (Å²) < 4.78 is 62.8. The number of benzene rings is 2. The number of hydrogen-bond donors (Lipinski definition) is 1. The fourth-order valence-electron chi connectivity index (χ4n) is 2.84. The van der Waals surface area contributed by atoms with Gasteiger partial charge in [-0.3, -0.25) is 9.59 Å². The van der Waals surface area contributed by atoms with E-state index in [0.717, 1.165) is 24.3 Å². The van der Waals surface area contributed by atoms with Crippen LogP contribution in [0, 0.1) is 5.92 Å². The third-order valence-electron chi connectivity index (χ3n) is 4.26. The summed E-state index contributed by atoms with van der Waals surface area (Å²) in [7, 11) is -3.82. The van der Waals surface area contributed by atoms with Gasteiger partial charge in [-0.1, -0.05) is 18.5 Å². The van der Waals surface area contributed by atoms with Crippen LogP contribution in [0.25, 0.3) is 0 Å². The third-order valence-corrected chi connectivity index (χ3v) is 6.44. The lowest BCUT2D eigenvalue weighted by Crippen LogP contribution is -2.30. The average molecular weight is 447 g/mol. The van der Waals surface area contributed by atoms with Crippen molar-refractivity contribution in [1.82, 2.24) is 0 Å². The number of alkyl halides is 3. The Hall–Kier alpha value is -2.59. The molecule has 0 saturated carbocycles. The first kappa shape index (κ1) is 21.1. The van der Waals surface area contributed by atoms with Crippen molar-refractivity contribution < 1.29 is 31.2 Å². The maximum absolute atomic E-state index is 12.6. The standard InChI is InChI=1S/C18H14ClF3N2O4S/c1-10-9-29(27,28)24(17(10)26)13-6-7-14(15(19)8-13)16(25)23-12-4-2-11(3-5-12)18(20,21)22/h2-8,10H,9H2,1H3,(H,23,25)/t10-/m1/s1. The number of nitrogens with one attached hydrogen (secondary N) is 1. The lowest BCUT2D eigenvalue weighted by Gasteiger charge is -2.16. The predicted octanol–water partition coefficient (Wildman–Crippen LogP) is 3.92. The van der Waals surface area contributed by atoms with E-state index in [9.17, 15) is 31.2 Å². The van der Waals surface area contributed by atoms with Gasteiger partial charge >= 0.3 is 6.18 Å². The van der Waals surface area contributed by atoms with Gasteiger partial charge in [0.25, 0.3) is 5.91 Å². The molecule has 1 aliphatic heterocycles. The number of carbonyl (C=O) groups is 2. The molecule has 2 aromatic carbocycles. The summed E-state index contributed by atoms with van der Waals surface area (Å²) >= 11 is 6.09. The number of anilines is 2. The van der Waals surface area contributed by atoms with Crippen LogP contribution >= 0.6 is 11.6 Å². The van der Waals surface area contributed by atoms with Gasteiger partial charge in [0.1, 0.15) is 0 Å². The molecule has 0 spiro atoms. The zero-order valence-corrected chi connectivity index (χ0v) is 16.4. The highest BCUT2D eigenvalue weighted by Crippen LogP contribution is 2.32. The molecule has 0 bridgehead atoms. The molecule has 11 heteroatoms. The van der Waals surface area contributed by atoms with Crippen LogP contribution in [-0.2, 0) is 21.0 Å². The van der Waals surface area contributed by atoms with Gasteiger partial charge in [-0.2, -0.15) is 13.2 Å². The van der Waals surface area contributed by atoms with E-state index < -0.39 is 39.5 Å². The number of hydrogen-bond acceptors (Lipinski definition) is 4. The van der Waals surface area contributed by atoms with Gasteiger partial charge in [0.05, 0.1) is 33.5 Å². The van der Waals surface area contributed by atoms with Crippen LogP contribution in [0.4, 0.5) is 24.5 Å². The molecule has 3 rings (SSSR count). The van der Waals surface area contributed by atoms with E-state index in [0.29, 0.717) is 4.31 Å². The van der Waals surface area contributed by atoms with Crippen LogP contribution in [0.1, 0.15) is 22.8 Å². The molecule has 0 aromatic heterocycles. The van der Waals surface area contributed by atoms with Gasteiger partial charge in [-0.15, -0.1) is 0 Å². The highest BCUT2D eigenvalue weighted by Gasteiger charge is 2.42. The first-order chi connectivity index (χ1) is 13.4. The van der Waals surface area contributed by atoms with Gasteiger partial charge in [0, 0.05) is 5.69 Å². The molecule has 2 aromatic rings. The highest BCUT2D eigenvalue weighted by molar-refractivity contribution is 7.94. The van der Waals surface area contributed by atoms with E-state index in [1.807, 2.05) is 0 Å². The fraction of sp³-hybridized carbons (Fsp3) is 0.222. The van der Waals surface area contributed by atoms with E-state index in [2.05, 4.69) is 5.32 Å². The summed E-state index contributed by atoms with van der Waals surface area (Å²) in [6.45, 7) is 1.49. The Balaban J connectivity index is 1.82. The molecular formula is C18H14ClF3N2O4S. The second kappa shape index (κ2) is 7.34. The molecule has 6 nitrogen and oxygen atoms in total. The minimum atomic E-state index is -4.49. The number of nitrogens with zero attached hydrogens (tertiary/aromatic N) is 1. The largest absolute Gasteiger partial charge is 0.416 e. The van der Waals surface area contributed by atoms with Crippen molar-refractivity contribution in [2.45, 2.75) is 13.1 Å². The zero-order valence-electron chi connectivity index (χ0n) is 14.8. The summed E-state index contributed by atoms with van der Waals surface area (Å²) in [4.78, 5) is 24.5. The van der Waals surface area contributed by atoms with Crippen molar-refractivity contribution in [1.29, 1.82) is 0 Å². The second-order valence-electron chi connectivity index (χ2n) is 6.48. The number of carbonyl (C=O) groups excluding carboxylic acids is 2. The Morgan fingerprint density at radius 2 is 1.79 bits per heavy atom. The van der Waals surface area contributed by atoms with E-state index in [4.69, 9.17) is 11.6 Å². The van der Waals surface area contributed by atoms with E-state index in [1.165, 1.54) is 25.1 Å². The third kappa shape index (κ3) is 4.23. The smallest absolute Gasteiger partial charge is 0.322 e. The number of amides is 2. The molecular weight excluding hydrogens is 433 g/mol. The van der Waals surface area contributed by atoms with Crippen molar-refractivity contribution in [2.24, 2.45) is 5.92 Å². The fourth-order valence-corrected chi connectivity index (χ4v) is 4.92. The van der Waals surface area contributed by atoms with E-state index >= 15 is 0 Å². The van der Waals surface area contributed by atoms with E-state index in [1.54, 1.807) is 0 Å². The summed E-state index contributed by atoms with van der Waals surface area (Å²) in [6.07, 6.45) is -4.49. The summed E-state index contributed by atoms with van der Waals surface area (Å²) in [6, 6.07) is 7.52. The number of rotatable bonds is 3. The van der Waals surface area contributed by atoms with Crippen molar-refractivity contribution >= 4 is 44.8 Å². The van der Waals surface area contributed by atoms with Crippen LogP contribution in [0.15, 0.2) is 42.5 Å². The van der Waals surface area contributed by atoms with Crippen LogP contribution in [0.5, 0.6) is 0 Å². The molecule has 1 aliphatic rings. The zero-order chi connectivity index (χ0) is 21.6. The molecule has 0 aliphatic carbocycles. The molecule has 1 fully saturated rings. The monoisotopic (exact) mass is 446 g/mol. The Morgan fingerprint density at radius 1 is 1.17 bits per heavy atom. The number of halogens is 4. The Kier molecular flexibility index (Phi) is 5.35. The molecule has 29 heavy (non-hydrogen) atoms. The topological polar surface area (TPSA) is 83.6 Å². The first-order valence-corrected chi connectivity index (χ1v) is 10.2. The van der Waals surface area contributed by atoms with E-state index in [-0.39, 0.29) is 27.7 Å². The van der Waals surface area contributed by atoms with Crippen LogP contribution in [0.3, 0.4) is 0 Å². The quantitative estimate of drug-likeness (QED) is 0.774. The van der Waals surface area contributed by atoms with Crippen LogP contribution in [-0.4, -0.2) is 26.0 Å². The molecule has 1 atom stereocenters. The minimum Gasteiger partial charge on any atom is -0.322 e. The van der Waals surface area contributed by atoms with Gasteiger partial charge in [0.2, 0.25) is 15.9 Å². The minimum absolute atomic E-state index is 0.00966. The second-order valence-corrected chi connectivity index (χ2v) is 8.75. The van der Waals surface area contributed by atoms with Gasteiger partial charge in [-0.05, 0) is 42.5 Å². The summed E-state index contributed by atoms with van der Waals surface area (Å²) in [5.74, 6) is -2.31. The van der Waals surface area contributed by atoms with Crippen LogP contribution < -0.4 is 9.62 Å². The molecule has 0 unspecified atom stereocenters. The molecule has 1 heterocycles. The van der Waals surface area contributed by atoms with Crippen molar-refractivity contribution in [3.8, 4) is 0 Å². The van der Waals surface area contributed by atoms with Crippen LogP contribution in [0.2, 0.25) is 5.02 Å². The predicted molar refractivity (Wildman–Crippen MR) is 101 cm³/mol. The van der Waals surface area contributed by atoms with Gasteiger partial charge in [-0.25, -0.2) is 12.7 Å². The van der Waals surface area contributed by atoms with Crippen molar-refractivity contribution in [3.63, 3.8) is 0 Å². The highest BCUT2D eigenvalue weighted by atomic mass is 35.5. The summed E-state index contributed by atoms with van der Waals surface area (Å²) in [5.41, 5.74) is -0.763. The molecule has 1 saturated heterocycles. The average Bonchev–Trinajstić information content (AvgIpc) is 2.81. The maximum atomic E-state index is 12.6. The Bertz CT molecular complexity index is 1090. The number of sulfonamides is 1. The Morgan fingerprint density at radius 3 is 2.28 bits per heavy atom. The molecule has 1 N–H and O–H groups in total. The lowest BCUT2D eigenvalue weighted by atomic mass is 10.1. The molecule has 2 amide bonds. The maximum Gasteiger partial charge on any atom is 0.416 e. The first-order valence-electron chi connectivity index (χ1n) is 8.25. The molecule has 154 valence electrons. The lowest BCUT2D eigenvalue weighted by molar-refractivity contribution is -0.137. The van der Waals surface area contributed by atoms with Crippen molar-refractivity contribution in [2.75, 3.05) is 15.4 Å². The molecule has 0 radical (unpaired) electrons. The van der Waals surface area contributed by atoms with Crippen molar-refractivity contribution in [3.05, 3.63) is 58.6 Å². The summed E-state index contributed by atoms with van der Waals surface area (Å²) in [5, 5.41) is 2.29. The normalized spacial score (nSPS) is 18.7. The van der Waals surface area contributed by atoms with Gasteiger partial charge in [0.15, 0.2) is 0 Å². The Labute approximate surface area is 169 Å².